The fourth-order valence-electron chi connectivity index (χ4n) is 2.22. The van der Waals surface area contributed by atoms with E-state index >= 15 is 0 Å². The molecule has 1 unspecified atom stereocenters. The van der Waals surface area contributed by atoms with E-state index in [1.807, 2.05) is 0 Å². The highest BCUT2D eigenvalue weighted by Gasteiger charge is 2.34. The Bertz CT molecular complexity index is 330. The third-order valence-corrected chi connectivity index (χ3v) is 3.18. The molecule has 0 spiro atoms. The van der Waals surface area contributed by atoms with E-state index in [1.165, 1.54) is 29.8 Å². The van der Waals surface area contributed by atoms with Gasteiger partial charge >= 0.3 is 0 Å². The molecule has 1 heterocycles. The zero-order valence-electron chi connectivity index (χ0n) is 9.38. The standard InChI is InChI=1S/C13H19N/c1-4-11-8-6-7-10(3)13(11)14-9-12(14)5-2/h6-8,12H,4-5,9H2,1-3H3. The molecule has 1 heteroatoms. The van der Waals surface area contributed by atoms with Gasteiger partial charge in [0.1, 0.15) is 0 Å². The normalized spacial score (nSPS) is 19.9. The molecule has 0 amide bonds. The summed E-state index contributed by atoms with van der Waals surface area (Å²) in [4.78, 5) is 2.54. The number of anilines is 1. The highest BCUT2D eigenvalue weighted by atomic mass is 15.3. The Morgan fingerprint density at radius 2 is 2.14 bits per heavy atom. The van der Waals surface area contributed by atoms with Crippen LogP contribution in [0.2, 0.25) is 0 Å². The number of aryl methyl sites for hydroxylation is 2. The van der Waals surface area contributed by atoms with Gasteiger partial charge in [-0.2, -0.15) is 0 Å². The average molecular weight is 189 g/mol. The lowest BCUT2D eigenvalue weighted by Crippen LogP contribution is -2.03. The van der Waals surface area contributed by atoms with Gasteiger partial charge in [-0.1, -0.05) is 32.0 Å². The van der Waals surface area contributed by atoms with Gasteiger partial charge in [0.05, 0.1) is 0 Å². The number of nitrogens with zero attached hydrogens (tertiary/aromatic N) is 1. The Morgan fingerprint density at radius 3 is 2.71 bits per heavy atom. The van der Waals surface area contributed by atoms with Gasteiger partial charge in [-0.25, -0.2) is 0 Å². The van der Waals surface area contributed by atoms with Crippen molar-refractivity contribution >= 4 is 5.69 Å². The second-order valence-electron chi connectivity index (χ2n) is 4.15. The Hall–Kier alpha value is -0.980. The molecular weight excluding hydrogens is 170 g/mol. The number of rotatable bonds is 3. The summed E-state index contributed by atoms with van der Waals surface area (Å²) >= 11 is 0. The topological polar surface area (TPSA) is 3.01 Å². The second-order valence-corrected chi connectivity index (χ2v) is 4.15. The van der Waals surface area contributed by atoms with E-state index in [9.17, 15) is 0 Å². The van der Waals surface area contributed by atoms with Gasteiger partial charge in [-0.3, -0.25) is 0 Å². The SMILES string of the molecule is CCc1cccc(C)c1N1CC1CC. The van der Waals surface area contributed by atoms with Gasteiger partial charge in [0.25, 0.3) is 0 Å². The third kappa shape index (κ3) is 1.52. The molecule has 1 fully saturated rings. The number of hydrogen-bond acceptors (Lipinski definition) is 1. The maximum Gasteiger partial charge on any atom is 0.0463 e. The Balaban J connectivity index is 2.32. The first kappa shape index (κ1) is 9.57. The minimum Gasteiger partial charge on any atom is -0.364 e. The van der Waals surface area contributed by atoms with Crippen molar-refractivity contribution in [2.45, 2.75) is 39.7 Å². The summed E-state index contributed by atoms with van der Waals surface area (Å²) < 4.78 is 0. The van der Waals surface area contributed by atoms with E-state index in [4.69, 9.17) is 0 Å². The monoisotopic (exact) mass is 189 g/mol. The zero-order chi connectivity index (χ0) is 10.1. The summed E-state index contributed by atoms with van der Waals surface area (Å²) in [6.45, 7) is 7.99. The second kappa shape index (κ2) is 3.64. The van der Waals surface area contributed by atoms with Gasteiger partial charge in [-0.15, -0.1) is 0 Å². The van der Waals surface area contributed by atoms with Gasteiger partial charge in [0, 0.05) is 18.3 Å². The van der Waals surface area contributed by atoms with Crippen LogP contribution in [0.4, 0.5) is 5.69 Å². The van der Waals surface area contributed by atoms with Gasteiger partial charge in [0.2, 0.25) is 0 Å². The summed E-state index contributed by atoms with van der Waals surface area (Å²) in [5, 5.41) is 0. The van der Waals surface area contributed by atoms with E-state index < -0.39 is 0 Å². The average Bonchev–Trinajstić information content (AvgIpc) is 2.96. The Kier molecular flexibility index (Phi) is 2.49. The van der Waals surface area contributed by atoms with Crippen LogP contribution in [0, 0.1) is 6.92 Å². The fourth-order valence-corrected chi connectivity index (χ4v) is 2.22. The van der Waals surface area contributed by atoms with Crippen molar-refractivity contribution in [1.29, 1.82) is 0 Å². The highest BCUT2D eigenvalue weighted by Crippen LogP contribution is 2.35. The smallest absolute Gasteiger partial charge is 0.0463 e. The van der Waals surface area contributed by atoms with E-state index in [0.717, 1.165) is 12.5 Å². The first-order valence-electron chi connectivity index (χ1n) is 5.63. The summed E-state index contributed by atoms with van der Waals surface area (Å²) in [5.41, 5.74) is 4.43. The van der Waals surface area contributed by atoms with E-state index in [-0.39, 0.29) is 0 Å². The summed E-state index contributed by atoms with van der Waals surface area (Å²) in [7, 11) is 0. The van der Waals surface area contributed by atoms with Crippen molar-refractivity contribution in [3.63, 3.8) is 0 Å². The number of hydrogen-bond donors (Lipinski definition) is 0. The maximum atomic E-state index is 2.54. The molecule has 76 valence electrons. The molecule has 0 aliphatic carbocycles. The van der Waals surface area contributed by atoms with Crippen LogP contribution < -0.4 is 4.90 Å². The summed E-state index contributed by atoms with van der Waals surface area (Å²) in [5.74, 6) is 0. The number of benzene rings is 1. The minimum atomic E-state index is 0.807. The molecule has 1 nitrogen and oxygen atoms in total. The fraction of sp³-hybridized carbons (Fsp3) is 0.538. The van der Waals surface area contributed by atoms with E-state index in [1.54, 1.807) is 0 Å². The maximum absolute atomic E-state index is 2.54. The molecule has 1 saturated heterocycles. The van der Waals surface area contributed by atoms with Crippen LogP contribution in [0.1, 0.15) is 31.4 Å². The largest absolute Gasteiger partial charge is 0.364 e. The van der Waals surface area contributed by atoms with Crippen molar-refractivity contribution in [3.8, 4) is 0 Å². The quantitative estimate of drug-likeness (QED) is 0.660. The highest BCUT2D eigenvalue weighted by molar-refractivity contribution is 5.64. The van der Waals surface area contributed by atoms with Crippen LogP contribution in [0.15, 0.2) is 18.2 Å². The molecule has 0 aromatic heterocycles. The molecule has 1 aromatic carbocycles. The van der Waals surface area contributed by atoms with Crippen molar-refractivity contribution < 1.29 is 0 Å². The molecular formula is C13H19N. The predicted octanol–water partition coefficient (Wildman–Crippen LogP) is 3.16. The minimum absolute atomic E-state index is 0.807. The third-order valence-electron chi connectivity index (χ3n) is 3.18. The van der Waals surface area contributed by atoms with Crippen LogP contribution in [0.3, 0.4) is 0 Å². The Labute approximate surface area is 86.7 Å². The van der Waals surface area contributed by atoms with Crippen molar-refractivity contribution in [2.24, 2.45) is 0 Å². The van der Waals surface area contributed by atoms with E-state index in [2.05, 4.69) is 43.9 Å². The number of para-hydroxylation sites is 1. The van der Waals surface area contributed by atoms with Gasteiger partial charge in [0.15, 0.2) is 0 Å². The zero-order valence-corrected chi connectivity index (χ0v) is 9.38. The van der Waals surface area contributed by atoms with Crippen molar-refractivity contribution in [1.82, 2.24) is 0 Å². The summed E-state index contributed by atoms with van der Waals surface area (Å²) in [6.07, 6.45) is 2.42. The van der Waals surface area contributed by atoms with Crippen LogP contribution >= 0.6 is 0 Å². The Morgan fingerprint density at radius 1 is 1.36 bits per heavy atom. The van der Waals surface area contributed by atoms with Crippen molar-refractivity contribution in [3.05, 3.63) is 29.3 Å². The predicted molar refractivity (Wildman–Crippen MR) is 62.0 cm³/mol. The summed E-state index contributed by atoms with van der Waals surface area (Å²) in [6, 6.07) is 7.45. The molecule has 0 saturated carbocycles. The molecule has 1 aliphatic heterocycles. The van der Waals surface area contributed by atoms with E-state index in [0.29, 0.717) is 0 Å². The van der Waals surface area contributed by atoms with Crippen LogP contribution in [-0.4, -0.2) is 12.6 Å². The lowest BCUT2D eigenvalue weighted by atomic mass is 10.1. The molecule has 1 aliphatic rings. The molecule has 0 radical (unpaired) electrons. The molecule has 0 bridgehead atoms. The molecule has 1 atom stereocenters. The van der Waals surface area contributed by atoms with Gasteiger partial charge < -0.3 is 4.90 Å². The lowest BCUT2D eigenvalue weighted by Gasteiger charge is -2.13. The van der Waals surface area contributed by atoms with Crippen LogP contribution in [0.5, 0.6) is 0 Å². The molecule has 14 heavy (non-hydrogen) atoms. The van der Waals surface area contributed by atoms with Gasteiger partial charge in [-0.05, 0) is 30.9 Å². The first-order valence-corrected chi connectivity index (χ1v) is 5.63. The molecule has 1 aromatic rings. The van der Waals surface area contributed by atoms with Crippen LogP contribution in [-0.2, 0) is 6.42 Å². The molecule has 0 N–H and O–H groups in total. The first-order chi connectivity index (χ1) is 6.77. The van der Waals surface area contributed by atoms with Crippen molar-refractivity contribution in [2.75, 3.05) is 11.4 Å². The van der Waals surface area contributed by atoms with Crippen LogP contribution in [0.25, 0.3) is 0 Å². The lowest BCUT2D eigenvalue weighted by molar-refractivity contribution is 0.915. The molecule has 2 rings (SSSR count).